The molecule has 2 rings (SSSR count). The Morgan fingerprint density at radius 3 is 2.73 bits per heavy atom. The molecule has 11 heavy (non-hydrogen) atoms. The Kier molecular flexibility index (Phi) is 1.40. The lowest BCUT2D eigenvalue weighted by Crippen LogP contribution is -2.50. The first-order valence-corrected chi connectivity index (χ1v) is 3.76. The Hall–Kier alpha value is -0.610. The van der Waals surface area contributed by atoms with Crippen molar-refractivity contribution >= 4 is 5.97 Å². The van der Waals surface area contributed by atoms with Crippen LogP contribution in [-0.2, 0) is 9.53 Å². The molecule has 0 bridgehead atoms. The fourth-order valence-corrected chi connectivity index (χ4v) is 1.82. The van der Waals surface area contributed by atoms with E-state index in [2.05, 4.69) is 5.32 Å². The molecule has 2 heterocycles. The summed E-state index contributed by atoms with van der Waals surface area (Å²) in [5.41, 5.74) is -0.0775. The van der Waals surface area contributed by atoms with Crippen molar-refractivity contribution in [1.29, 1.82) is 0 Å². The first-order chi connectivity index (χ1) is 5.25. The summed E-state index contributed by atoms with van der Waals surface area (Å²) in [7, 11) is 0. The lowest BCUT2D eigenvalue weighted by Gasteiger charge is -2.40. The van der Waals surface area contributed by atoms with Crippen LogP contribution in [0, 0.1) is 11.3 Å². The highest BCUT2D eigenvalue weighted by Crippen LogP contribution is 2.38. The molecule has 0 amide bonds. The molecule has 0 unspecified atom stereocenters. The van der Waals surface area contributed by atoms with Gasteiger partial charge in [0.1, 0.15) is 0 Å². The highest BCUT2D eigenvalue weighted by atomic mass is 16.5. The Morgan fingerprint density at radius 2 is 2.36 bits per heavy atom. The van der Waals surface area contributed by atoms with Gasteiger partial charge in [-0.15, -0.1) is 0 Å². The molecule has 0 radical (unpaired) electrons. The van der Waals surface area contributed by atoms with Gasteiger partial charge in [0.2, 0.25) is 0 Å². The van der Waals surface area contributed by atoms with E-state index >= 15 is 0 Å². The van der Waals surface area contributed by atoms with E-state index in [-0.39, 0.29) is 11.3 Å². The van der Waals surface area contributed by atoms with Crippen LogP contribution in [0.3, 0.4) is 0 Å². The Balaban J connectivity index is 2.13. The maximum atomic E-state index is 10.7. The number of hydrogen-bond donors (Lipinski definition) is 2. The van der Waals surface area contributed by atoms with E-state index in [1.165, 1.54) is 0 Å². The molecule has 0 aromatic heterocycles. The second-order valence-electron chi connectivity index (χ2n) is 3.38. The average Bonchev–Trinajstić information content (AvgIpc) is 2.27. The van der Waals surface area contributed by atoms with Gasteiger partial charge in [-0.3, -0.25) is 4.79 Å². The van der Waals surface area contributed by atoms with Crippen LogP contribution >= 0.6 is 0 Å². The minimum atomic E-state index is -0.696. The van der Waals surface area contributed by atoms with Crippen LogP contribution in [0.1, 0.15) is 0 Å². The summed E-state index contributed by atoms with van der Waals surface area (Å²) >= 11 is 0. The number of rotatable bonds is 1. The van der Waals surface area contributed by atoms with Gasteiger partial charge in [0.05, 0.1) is 19.1 Å². The molecule has 1 spiro atoms. The van der Waals surface area contributed by atoms with Gasteiger partial charge in [-0.2, -0.15) is 0 Å². The molecule has 4 heteroatoms. The number of carboxylic acid groups (broad SMARTS) is 1. The molecule has 0 aromatic rings. The van der Waals surface area contributed by atoms with Gasteiger partial charge < -0.3 is 15.2 Å². The van der Waals surface area contributed by atoms with Crippen LogP contribution in [-0.4, -0.2) is 37.4 Å². The van der Waals surface area contributed by atoms with Crippen LogP contribution in [0.4, 0.5) is 0 Å². The molecule has 0 aromatic carbocycles. The van der Waals surface area contributed by atoms with Gasteiger partial charge in [-0.1, -0.05) is 0 Å². The van der Waals surface area contributed by atoms with E-state index in [1.54, 1.807) is 0 Å². The maximum absolute atomic E-state index is 10.7. The number of aliphatic carboxylic acids is 1. The van der Waals surface area contributed by atoms with Gasteiger partial charge >= 0.3 is 5.97 Å². The van der Waals surface area contributed by atoms with E-state index < -0.39 is 5.97 Å². The lowest BCUT2D eigenvalue weighted by molar-refractivity contribution is -0.164. The molecule has 1 atom stereocenters. The molecular formula is C7H11NO3. The van der Waals surface area contributed by atoms with Crippen molar-refractivity contribution in [2.24, 2.45) is 11.3 Å². The molecule has 2 saturated heterocycles. The fraction of sp³-hybridized carbons (Fsp3) is 0.857. The van der Waals surface area contributed by atoms with Crippen molar-refractivity contribution in [3.05, 3.63) is 0 Å². The smallest absolute Gasteiger partial charge is 0.308 e. The van der Waals surface area contributed by atoms with Crippen LogP contribution in [0.5, 0.6) is 0 Å². The molecule has 0 saturated carbocycles. The van der Waals surface area contributed by atoms with E-state index in [0.29, 0.717) is 19.8 Å². The van der Waals surface area contributed by atoms with Crippen LogP contribution < -0.4 is 5.32 Å². The Morgan fingerprint density at radius 1 is 1.64 bits per heavy atom. The highest BCUT2D eigenvalue weighted by Gasteiger charge is 2.52. The second-order valence-corrected chi connectivity index (χ2v) is 3.38. The minimum Gasteiger partial charge on any atom is -0.481 e. The van der Waals surface area contributed by atoms with Crippen molar-refractivity contribution in [2.45, 2.75) is 0 Å². The SMILES string of the molecule is O=C(O)[C@H]1CNCC12COC2. The molecule has 0 aliphatic carbocycles. The third-order valence-corrected chi connectivity index (χ3v) is 2.64. The molecule has 62 valence electrons. The average molecular weight is 157 g/mol. The van der Waals surface area contributed by atoms with Gasteiger partial charge in [0.25, 0.3) is 0 Å². The molecule has 2 aliphatic heterocycles. The predicted octanol–water partition coefficient (Wildman–Crippen LogP) is -0.693. The highest BCUT2D eigenvalue weighted by molar-refractivity contribution is 5.72. The molecule has 4 nitrogen and oxygen atoms in total. The summed E-state index contributed by atoms with van der Waals surface area (Å²) < 4.78 is 5.04. The first-order valence-electron chi connectivity index (χ1n) is 3.76. The van der Waals surface area contributed by atoms with Crippen molar-refractivity contribution in [3.63, 3.8) is 0 Å². The second kappa shape index (κ2) is 2.19. The van der Waals surface area contributed by atoms with Crippen LogP contribution in [0.25, 0.3) is 0 Å². The zero-order valence-corrected chi connectivity index (χ0v) is 6.17. The van der Waals surface area contributed by atoms with Crippen LogP contribution in [0.2, 0.25) is 0 Å². The van der Waals surface area contributed by atoms with Gasteiger partial charge in [0.15, 0.2) is 0 Å². The third-order valence-electron chi connectivity index (χ3n) is 2.64. The van der Waals surface area contributed by atoms with Crippen molar-refractivity contribution < 1.29 is 14.6 Å². The van der Waals surface area contributed by atoms with Gasteiger partial charge in [0, 0.05) is 18.5 Å². The van der Waals surface area contributed by atoms with Crippen LogP contribution in [0.15, 0.2) is 0 Å². The zero-order chi connectivity index (χ0) is 7.90. The fourth-order valence-electron chi connectivity index (χ4n) is 1.82. The number of ether oxygens (including phenoxy) is 1. The van der Waals surface area contributed by atoms with E-state index in [4.69, 9.17) is 9.84 Å². The summed E-state index contributed by atoms with van der Waals surface area (Å²) in [5.74, 6) is -0.936. The normalized spacial score (nSPS) is 33.6. The number of nitrogens with one attached hydrogen (secondary N) is 1. The van der Waals surface area contributed by atoms with Crippen molar-refractivity contribution in [2.75, 3.05) is 26.3 Å². The predicted molar refractivity (Wildman–Crippen MR) is 37.2 cm³/mol. The number of carboxylic acids is 1. The monoisotopic (exact) mass is 157 g/mol. The van der Waals surface area contributed by atoms with E-state index in [9.17, 15) is 4.79 Å². The largest absolute Gasteiger partial charge is 0.481 e. The number of carbonyl (C=O) groups is 1. The number of hydrogen-bond acceptors (Lipinski definition) is 3. The summed E-state index contributed by atoms with van der Waals surface area (Å²) in [5, 5.41) is 11.9. The quantitative estimate of drug-likeness (QED) is 0.529. The first kappa shape index (κ1) is 7.06. The summed E-state index contributed by atoms with van der Waals surface area (Å²) in [4.78, 5) is 10.7. The topological polar surface area (TPSA) is 58.6 Å². The molecular weight excluding hydrogens is 146 g/mol. The van der Waals surface area contributed by atoms with Crippen molar-refractivity contribution in [1.82, 2.24) is 5.32 Å². The van der Waals surface area contributed by atoms with Gasteiger partial charge in [-0.25, -0.2) is 0 Å². The molecule has 2 aliphatic rings. The summed E-state index contributed by atoms with van der Waals surface area (Å²) in [6, 6.07) is 0. The van der Waals surface area contributed by atoms with E-state index in [0.717, 1.165) is 6.54 Å². The zero-order valence-electron chi connectivity index (χ0n) is 6.17. The van der Waals surface area contributed by atoms with Crippen molar-refractivity contribution in [3.8, 4) is 0 Å². The summed E-state index contributed by atoms with van der Waals surface area (Å²) in [6.45, 7) is 2.61. The van der Waals surface area contributed by atoms with Gasteiger partial charge in [-0.05, 0) is 0 Å². The minimum absolute atomic E-state index is 0.0775. The maximum Gasteiger partial charge on any atom is 0.308 e. The molecule has 2 fully saturated rings. The third kappa shape index (κ3) is 0.862. The summed E-state index contributed by atoms with van der Waals surface area (Å²) in [6.07, 6.45) is 0. The lowest BCUT2D eigenvalue weighted by atomic mass is 9.76. The molecule has 2 N–H and O–H groups in total. The van der Waals surface area contributed by atoms with E-state index in [1.807, 2.05) is 0 Å². The Bertz CT molecular complexity index is 188. The standard InChI is InChI=1S/C7H11NO3/c9-6(10)5-1-8-2-7(5)3-11-4-7/h5,8H,1-4H2,(H,9,10)/t5-/m1/s1. The Labute approximate surface area is 64.5 Å².